The Morgan fingerprint density at radius 3 is 2.94 bits per heavy atom. The van der Waals surface area contributed by atoms with Gasteiger partial charge in [0.2, 0.25) is 5.91 Å². The molecule has 0 spiro atoms. The van der Waals surface area contributed by atoms with Gasteiger partial charge >= 0.3 is 0 Å². The van der Waals surface area contributed by atoms with Gasteiger partial charge in [-0.1, -0.05) is 13.8 Å². The topological polar surface area (TPSA) is 51.2 Å². The van der Waals surface area contributed by atoms with Crippen molar-refractivity contribution < 1.29 is 9.53 Å². The summed E-state index contributed by atoms with van der Waals surface area (Å²) in [6.07, 6.45) is 0.354. The lowest BCUT2D eigenvalue weighted by atomic mass is 10.2. The highest BCUT2D eigenvalue weighted by atomic mass is 32.1. The molecule has 0 unspecified atom stereocenters. The predicted molar refractivity (Wildman–Crippen MR) is 64.8 cm³/mol. The number of nitrogens with zero attached hydrogens (tertiary/aromatic N) is 1. The summed E-state index contributed by atoms with van der Waals surface area (Å²) in [5.41, 5.74) is 0.851. The minimum absolute atomic E-state index is 0.00217. The number of hydrogen-bond acceptors (Lipinski definition) is 4. The Hall–Kier alpha value is -0.940. The van der Waals surface area contributed by atoms with E-state index in [1.165, 1.54) is 0 Å². The van der Waals surface area contributed by atoms with Crippen LogP contribution >= 0.6 is 11.3 Å². The minimum Gasteiger partial charge on any atom is -0.383 e. The van der Waals surface area contributed by atoms with E-state index in [1.807, 2.05) is 5.38 Å². The van der Waals surface area contributed by atoms with Gasteiger partial charge in [-0.05, 0) is 0 Å². The third-order valence-electron chi connectivity index (χ3n) is 2.03. The van der Waals surface area contributed by atoms with Gasteiger partial charge < -0.3 is 10.1 Å². The summed E-state index contributed by atoms with van der Waals surface area (Å²) in [6.45, 7) is 5.29. The Morgan fingerprint density at radius 2 is 2.38 bits per heavy atom. The molecular weight excluding hydrogens is 224 g/mol. The van der Waals surface area contributed by atoms with Gasteiger partial charge in [-0.3, -0.25) is 4.79 Å². The van der Waals surface area contributed by atoms with Crippen LogP contribution in [0.2, 0.25) is 0 Å². The van der Waals surface area contributed by atoms with Gasteiger partial charge in [0.05, 0.1) is 23.7 Å². The summed E-state index contributed by atoms with van der Waals surface area (Å²) in [4.78, 5) is 15.9. The average Bonchev–Trinajstić information content (AvgIpc) is 2.66. The molecule has 1 aromatic rings. The first-order valence-electron chi connectivity index (χ1n) is 5.33. The van der Waals surface area contributed by atoms with Crippen LogP contribution in [0.15, 0.2) is 5.38 Å². The number of hydrogen-bond donors (Lipinski definition) is 1. The number of thiazole rings is 1. The molecule has 0 fully saturated rings. The maximum absolute atomic E-state index is 11.5. The molecule has 0 saturated carbocycles. The first-order chi connectivity index (χ1) is 7.63. The number of methoxy groups -OCH3 is 1. The molecule has 0 saturated heterocycles. The van der Waals surface area contributed by atoms with Gasteiger partial charge in [0.15, 0.2) is 0 Å². The van der Waals surface area contributed by atoms with E-state index >= 15 is 0 Å². The monoisotopic (exact) mass is 242 g/mol. The number of aromatic nitrogens is 1. The van der Waals surface area contributed by atoms with E-state index in [0.29, 0.717) is 25.5 Å². The van der Waals surface area contributed by atoms with E-state index in [-0.39, 0.29) is 5.91 Å². The maximum atomic E-state index is 11.5. The molecule has 16 heavy (non-hydrogen) atoms. The molecule has 1 rings (SSSR count). The Balaban J connectivity index is 2.37. The zero-order chi connectivity index (χ0) is 12.0. The molecular formula is C11H18N2O2S. The number of nitrogens with one attached hydrogen (secondary N) is 1. The number of ether oxygens (including phenoxy) is 1. The SMILES string of the molecule is COCCNC(=O)Cc1csc(C(C)C)n1. The zero-order valence-corrected chi connectivity index (χ0v) is 10.8. The Kier molecular flexibility index (Phi) is 5.42. The highest BCUT2D eigenvalue weighted by Gasteiger charge is 2.09. The van der Waals surface area contributed by atoms with Crippen molar-refractivity contribution in [1.82, 2.24) is 10.3 Å². The van der Waals surface area contributed by atoms with Crippen molar-refractivity contribution in [3.8, 4) is 0 Å². The van der Waals surface area contributed by atoms with Gasteiger partial charge in [0, 0.05) is 25.0 Å². The molecule has 0 atom stereocenters. The number of carbonyl (C=O) groups is 1. The molecule has 1 N–H and O–H groups in total. The van der Waals surface area contributed by atoms with E-state index in [0.717, 1.165) is 10.7 Å². The van der Waals surface area contributed by atoms with Gasteiger partial charge in [-0.2, -0.15) is 0 Å². The van der Waals surface area contributed by atoms with E-state index in [4.69, 9.17) is 4.74 Å². The third kappa shape index (κ3) is 4.28. The van der Waals surface area contributed by atoms with Crippen LogP contribution < -0.4 is 5.32 Å². The molecule has 0 radical (unpaired) electrons. The van der Waals surface area contributed by atoms with Crippen LogP contribution in [-0.4, -0.2) is 31.2 Å². The van der Waals surface area contributed by atoms with Crippen LogP contribution in [0.3, 0.4) is 0 Å². The minimum atomic E-state index is -0.00217. The summed E-state index contributed by atoms with van der Waals surface area (Å²) in [5.74, 6) is 0.424. The van der Waals surface area contributed by atoms with Crippen LogP contribution in [0.1, 0.15) is 30.5 Å². The molecule has 4 nitrogen and oxygen atoms in total. The lowest BCUT2D eigenvalue weighted by molar-refractivity contribution is -0.120. The van der Waals surface area contributed by atoms with Crippen molar-refractivity contribution in [1.29, 1.82) is 0 Å². The number of amides is 1. The summed E-state index contributed by atoms with van der Waals surface area (Å²) in [7, 11) is 1.61. The molecule has 0 bridgehead atoms. The van der Waals surface area contributed by atoms with Crippen LogP contribution in [0, 0.1) is 0 Å². The van der Waals surface area contributed by atoms with Crippen molar-refractivity contribution in [3.63, 3.8) is 0 Å². The molecule has 1 aromatic heterocycles. The molecule has 5 heteroatoms. The highest BCUT2D eigenvalue weighted by molar-refractivity contribution is 7.09. The van der Waals surface area contributed by atoms with Gasteiger partial charge in [0.1, 0.15) is 0 Å². The lowest BCUT2D eigenvalue weighted by Gasteiger charge is -2.02. The Bertz CT molecular complexity index is 336. The van der Waals surface area contributed by atoms with Crippen molar-refractivity contribution in [3.05, 3.63) is 16.1 Å². The molecule has 0 aliphatic heterocycles. The quantitative estimate of drug-likeness (QED) is 0.770. The fraction of sp³-hybridized carbons (Fsp3) is 0.636. The predicted octanol–water partition coefficient (Wildman–Crippen LogP) is 1.57. The fourth-order valence-electron chi connectivity index (χ4n) is 1.19. The second kappa shape index (κ2) is 6.60. The highest BCUT2D eigenvalue weighted by Crippen LogP contribution is 2.19. The van der Waals surface area contributed by atoms with Crippen molar-refractivity contribution in [2.45, 2.75) is 26.2 Å². The standard InChI is InChI=1S/C11H18N2O2S/c1-8(2)11-13-9(7-16-11)6-10(14)12-4-5-15-3/h7-8H,4-6H2,1-3H3,(H,12,14). The molecule has 0 aromatic carbocycles. The number of rotatable bonds is 6. The smallest absolute Gasteiger partial charge is 0.226 e. The van der Waals surface area contributed by atoms with Crippen molar-refractivity contribution in [2.24, 2.45) is 0 Å². The number of carbonyl (C=O) groups excluding carboxylic acids is 1. The Morgan fingerprint density at radius 1 is 1.62 bits per heavy atom. The second-order valence-corrected chi connectivity index (χ2v) is 4.74. The molecule has 0 aliphatic rings. The van der Waals surface area contributed by atoms with E-state index in [2.05, 4.69) is 24.1 Å². The summed E-state index contributed by atoms with van der Waals surface area (Å²) in [5, 5.41) is 5.80. The molecule has 1 heterocycles. The fourth-order valence-corrected chi connectivity index (χ4v) is 2.02. The van der Waals surface area contributed by atoms with E-state index < -0.39 is 0 Å². The van der Waals surface area contributed by atoms with Gasteiger partial charge in [0.25, 0.3) is 0 Å². The molecule has 1 amide bonds. The normalized spacial score (nSPS) is 10.8. The van der Waals surface area contributed by atoms with E-state index in [1.54, 1.807) is 18.4 Å². The zero-order valence-electron chi connectivity index (χ0n) is 9.95. The first-order valence-corrected chi connectivity index (χ1v) is 6.21. The van der Waals surface area contributed by atoms with Crippen LogP contribution in [0.5, 0.6) is 0 Å². The van der Waals surface area contributed by atoms with Gasteiger partial charge in [-0.15, -0.1) is 11.3 Å². The maximum Gasteiger partial charge on any atom is 0.226 e. The van der Waals surface area contributed by atoms with Crippen LogP contribution in [0.25, 0.3) is 0 Å². The summed E-state index contributed by atoms with van der Waals surface area (Å²) >= 11 is 1.61. The average molecular weight is 242 g/mol. The third-order valence-corrected chi connectivity index (χ3v) is 3.23. The van der Waals surface area contributed by atoms with E-state index in [9.17, 15) is 4.79 Å². The first kappa shape index (κ1) is 13.1. The van der Waals surface area contributed by atoms with Crippen molar-refractivity contribution >= 4 is 17.2 Å². The van der Waals surface area contributed by atoms with Gasteiger partial charge in [-0.25, -0.2) is 4.98 Å². The van der Waals surface area contributed by atoms with Crippen LogP contribution in [0.4, 0.5) is 0 Å². The largest absolute Gasteiger partial charge is 0.383 e. The lowest BCUT2D eigenvalue weighted by Crippen LogP contribution is -2.28. The molecule has 0 aliphatic carbocycles. The molecule has 90 valence electrons. The Labute approximate surface area is 100 Å². The summed E-state index contributed by atoms with van der Waals surface area (Å²) in [6, 6.07) is 0. The van der Waals surface area contributed by atoms with Crippen LogP contribution in [-0.2, 0) is 16.0 Å². The second-order valence-electron chi connectivity index (χ2n) is 3.85. The summed E-state index contributed by atoms with van der Waals surface area (Å²) < 4.78 is 4.85. The van der Waals surface area contributed by atoms with Crippen molar-refractivity contribution in [2.75, 3.05) is 20.3 Å².